The predicted octanol–water partition coefficient (Wildman–Crippen LogP) is 6.71. The molecule has 0 N–H and O–H groups in total. The van der Waals surface area contributed by atoms with E-state index in [9.17, 15) is 0 Å². The van der Waals surface area contributed by atoms with Crippen LogP contribution in [0.25, 0.3) is 10.9 Å². The Morgan fingerprint density at radius 2 is 1.50 bits per heavy atom. The van der Waals surface area contributed by atoms with Gasteiger partial charge in [0.25, 0.3) is 0 Å². The van der Waals surface area contributed by atoms with Crippen molar-refractivity contribution in [2.45, 2.75) is 51.2 Å². The quantitative estimate of drug-likeness (QED) is 0.362. The van der Waals surface area contributed by atoms with E-state index < -0.39 is 0 Å². The van der Waals surface area contributed by atoms with Gasteiger partial charge in [0.15, 0.2) is 0 Å². The number of ether oxygens (including phenoxy) is 1. The first-order chi connectivity index (χ1) is 14.9. The van der Waals surface area contributed by atoms with E-state index in [2.05, 4.69) is 65.3 Å². The van der Waals surface area contributed by atoms with E-state index >= 15 is 0 Å². The SMILES string of the molecule is c1ccc(COc2ccc3c(C4CCCCC4)nn(Cc4ccccc4)c3c2)cc1. The molecular weight excluding hydrogens is 368 g/mol. The first kappa shape index (κ1) is 18.9. The van der Waals surface area contributed by atoms with E-state index in [4.69, 9.17) is 9.84 Å². The molecule has 1 fully saturated rings. The van der Waals surface area contributed by atoms with Crippen molar-refractivity contribution in [3.05, 3.63) is 95.7 Å². The fraction of sp³-hybridized carbons (Fsp3) is 0.296. The van der Waals surface area contributed by atoms with Crippen molar-refractivity contribution < 1.29 is 4.74 Å². The molecule has 152 valence electrons. The second kappa shape index (κ2) is 8.74. The number of benzene rings is 3. The standard InChI is InChI=1S/C27H28N2O/c1-4-10-21(11-5-1)19-29-26-18-24(30-20-22-12-6-2-7-13-22)16-17-25(26)27(28-29)23-14-8-3-9-15-23/h1-2,4-7,10-13,16-18,23H,3,8-9,14-15,19-20H2. The molecule has 1 aliphatic rings. The molecule has 1 aliphatic carbocycles. The zero-order chi connectivity index (χ0) is 20.2. The number of nitrogens with zero attached hydrogens (tertiary/aromatic N) is 2. The lowest BCUT2D eigenvalue weighted by molar-refractivity contribution is 0.306. The van der Waals surface area contributed by atoms with Crippen LogP contribution in [-0.4, -0.2) is 9.78 Å². The van der Waals surface area contributed by atoms with Gasteiger partial charge >= 0.3 is 0 Å². The number of hydrogen-bond acceptors (Lipinski definition) is 2. The highest BCUT2D eigenvalue weighted by Gasteiger charge is 2.22. The molecule has 0 atom stereocenters. The maximum absolute atomic E-state index is 6.12. The molecule has 1 aromatic heterocycles. The van der Waals surface area contributed by atoms with Gasteiger partial charge in [-0.15, -0.1) is 0 Å². The number of fused-ring (bicyclic) bond motifs is 1. The van der Waals surface area contributed by atoms with Crippen LogP contribution in [-0.2, 0) is 13.2 Å². The van der Waals surface area contributed by atoms with Crippen LogP contribution >= 0.6 is 0 Å². The summed E-state index contributed by atoms with van der Waals surface area (Å²) in [5, 5.41) is 6.41. The Morgan fingerprint density at radius 1 is 0.800 bits per heavy atom. The van der Waals surface area contributed by atoms with Gasteiger partial charge < -0.3 is 4.74 Å². The second-order valence-corrected chi connectivity index (χ2v) is 8.32. The highest BCUT2D eigenvalue weighted by Crippen LogP contribution is 2.37. The summed E-state index contributed by atoms with van der Waals surface area (Å²) in [6.07, 6.45) is 6.50. The third kappa shape index (κ3) is 4.11. The van der Waals surface area contributed by atoms with E-state index in [1.54, 1.807) is 0 Å². The minimum atomic E-state index is 0.578. The lowest BCUT2D eigenvalue weighted by atomic mass is 9.86. The van der Waals surface area contributed by atoms with Crippen LogP contribution in [0.4, 0.5) is 0 Å². The third-order valence-corrected chi connectivity index (χ3v) is 6.17. The number of aromatic nitrogens is 2. The molecule has 0 radical (unpaired) electrons. The molecule has 3 heteroatoms. The van der Waals surface area contributed by atoms with Gasteiger partial charge in [-0.3, -0.25) is 4.68 Å². The van der Waals surface area contributed by atoms with Gasteiger partial charge in [-0.2, -0.15) is 5.10 Å². The molecule has 0 unspecified atom stereocenters. The average molecular weight is 397 g/mol. The van der Waals surface area contributed by atoms with Gasteiger partial charge in [0, 0.05) is 17.4 Å². The van der Waals surface area contributed by atoms with Crippen LogP contribution in [0.15, 0.2) is 78.9 Å². The molecular formula is C27H28N2O. The molecule has 0 spiro atoms. The van der Waals surface area contributed by atoms with Gasteiger partial charge in [-0.25, -0.2) is 0 Å². The zero-order valence-corrected chi connectivity index (χ0v) is 17.3. The molecule has 1 saturated carbocycles. The molecule has 0 bridgehead atoms. The summed E-state index contributed by atoms with van der Waals surface area (Å²) >= 11 is 0. The largest absolute Gasteiger partial charge is 0.489 e. The maximum Gasteiger partial charge on any atom is 0.121 e. The molecule has 5 rings (SSSR count). The van der Waals surface area contributed by atoms with Crippen molar-refractivity contribution in [3.63, 3.8) is 0 Å². The lowest BCUT2D eigenvalue weighted by Gasteiger charge is -2.20. The van der Waals surface area contributed by atoms with Crippen molar-refractivity contribution in [2.24, 2.45) is 0 Å². The van der Waals surface area contributed by atoms with E-state index in [1.807, 2.05) is 18.2 Å². The topological polar surface area (TPSA) is 27.1 Å². The number of rotatable bonds is 6. The summed E-state index contributed by atoms with van der Waals surface area (Å²) in [6, 6.07) is 27.4. The minimum Gasteiger partial charge on any atom is -0.489 e. The average Bonchev–Trinajstić information content (AvgIpc) is 3.17. The normalized spacial score (nSPS) is 14.8. The Kier molecular flexibility index (Phi) is 5.52. The molecule has 0 aliphatic heterocycles. The summed E-state index contributed by atoms with van der Waals surface area (Å²) in [5.41, 5.74) is 4.89. The van der Waals surface area contributed by atoms with Crippen molar-refractivity contribution in [3.8, 4) is 5.75 Å². The molecule has 3 aromatic carbocycles. The first-order valence-corrected chi connectivity index (χ1v) is 11.1. The van der Waals surface area contributed by atoms with E-state index in [-0.39, 0.29) is 0 Å². The molecule has 0 saturated heterocycles. The smallest absolute Gasteiger partial charge is 0.121 e. The Bertz CT molecular complexity index is 1100. The van der Waals surface area contributed by atoms with Crippen LogP contribution < -0.4 is 4.74 Å². The van der Waals surface area contributed by atoms with Gasteiger partial charge in [0.05, 0.1) is 17.8 Å². The van der Waals surface area contributed by atoms with E-state index in [1.165, 1.54) is 59.8 Å². The van der Waals surface area contributed by atoms with E-state index in [0.717, 1.165) is 12.3 Å². The molecule has 3 nitrogen and oxygen atoms in total. The fourth-order valence-electron chi connectivity index (χ4n) is 4.56. The highest BCUT2D eigenvalue weighted by atomic mass is 16.5. The second-order valence-electron chi connectivity index (χ2n) is 8.32. The first-order valence-electron chi connectivity index (χ1n) is 11.1. The zero-order valence-electron chi connectivity index (χ0n) is 17.3. The van der Waals surface area contributed by atoms with Crippen LogP contribution in [0.5, 0.6) is 5.75 Å². The highest BCUT2D eigenvalue weighted by molar-refractivity contribution is 5.84. The lowest BCUT2D eigenvalue weighted by Crippen LogP contribution is -2.07. The summed E-state index contributed by atoms with van der Waals surface area (Å²) in [6.45, 7) is 1.36. The van der Waals surface area contributed by atoms with Crippen molar-refractivity contribution in [1.82, 2.24) is 9.78 Å². The Hall–Kier alpha value is -3.07. The van der Waals surface area contributed by atoms with Crippen molar-refractivity contribution >= 4 is 10.9 Å². The Labute approximate surface area is 178 Å². The predicted molar refractivity (Wildman–Crippen MR) is 122 cm³/mol. The summed E-state index contributed by atoms with van der Waals surface area (Å²) < 4.78 is 8.29. The summed E-state index contributed by atoms with van der Waals surface area (Å²) in [5.74, 6) is 1.48. The van der Waals surface area contributed by atoms with Crippen molar-refractivity contribution in [2.75, 3.05) is 0 Å². The fourth-order valence-corrected chi connectivity index (χ4v) is 4.56. The molecule has 4 aromatic rings. The van der Waals surface area contributed by atoms with Crippen LogP contribution in [0.1, 0.15) is 54.8 Å². The van der Waals surface area contributed by atoms with Gasteiger partial charge in [0.2, 0.25) is 0 Å². The molecule has 0 amide bonds. The molecule has 30 heavy (non-hydrogen) atoms. The molecule has 1 heterocycles. The third-order valence-electron chi connectivity index (χ3n) is 6.17. The monoisotopic (exact) mass is 396 g/mol. The van der Waals surface area contributed by atoms with Crippen LogP contribution in [0.3, 0.4) is 0 Å². The Morgan fingerprint density at radius 3 is 2.23 bits per heavy atom. The Balaban J connectivity index is 1.48. The number of hydrogen-bond donors (Lipinski definition) is 0. The maximum atomic E-state index is 6.12. The van der Waals surface area contributed by atoms with Gasteiger partial charge in [0.1, 0.15) is 12.4 Å². The van der Waals surface area contributed by atoms with Crippen LogP contribution in [0, 0.1) is 0 Å². The summed E-state index contributed by atoms with van der Waals surface area (Å²) in [4.78, 5) is 0. The van der Waals surface area contributed by atoms with Gasteiger partial charge in [-0.05, 0) is 36.1 Å². The summed E-state index contributed by atoms with van der Waals surface area (Å²) in [7, 11) is 0. The van der Waals surface area contributed by atoms with E-state index in [0.29, 0.717) is 12.5 Å². The van der Waals surface area contributed by atoms with Gasteiger partial charge in [-0.1, -0.05) is 79.9 Å². The van der Waals surface area contributed by atoms with Crippen LogP contribution in [0.2, 0.25) is 0 Å². The minimum absolute atomic E-state index is 0.578. The van der Waals surface area contributed by atoms with Crippen molar-refractivity contribution in [1.29, 1.82) is 0 Å².